The van der Waals surface area contributed by atoms with Gasteiger partial charge in [0.2, 0.25) is 0 Å². The van der Waals surface area contributed by atoms with Crippen molar-refractivity contribution in [3.63, 3.8) is 0 Å². The Hall–Kier alpha value is 0.110. The molecule has 0 bridgehead atoms. The van der Waals surface area contributed by atoms with Gasteiger partial charge in [-0.3, -0.25) is 9.46 Å². The zero-order valence-corrected chi connectivity index (χ0v) is 11.9. The van der Waals surface area contributed by atoms with Crippen LogP contribution in [0.3, 0.4) is 0 Å². The molecule has 2 N–H and O–H groups in total. The lowest BCUT2D eigenvalue weighted by Gasteiger charge is -2.31. The highest BCUT2D eigenvalue weighted by Gasteiger charge is 2.27. The fourth-order valence-corrected chi connectivity index (χ4v) is 2.95. The van der Waals surface area contributed by atoms with Gasteiger partial charge in [0.15, 0.2) is 0 Å². The van der Waals surface area contributed by atoms with Crippen LogP contribution in [-0.2, 0) is 4.57 Å². The summed E-state index contributed by atoms with van der Waals surface area (Å²) in [5.74, 6) is 0. The first-order valence-electron chi connectivity index (χ1n) is 6.01. The van der Waals surface area contributed by atoms with Crippen molar-refractivity contribution < 1.29 is 14.4 Å². The van der Waals surface area contributed by atoms with E-state index in [2.05, 4.69) is 32.6 Å². The van der Waals surface area contributed by atoms with Crippen LogP contribution in [0, 0.1) is 0 Å². The van der Waals surface area contributed by atoms with Gasteiger partial charge in [0.05, 0.1) is 5.66 Å². The Morgan fingerprint density at radius 1 is 1.12 bits per heavy atom. The third-order valence-electron chi connectivity index (χ3n) is 2.99. The predicted octanol–water partition coefficient (Wildman–Crippen LogP) is 2.45. The molecule has 5 heteroatoms. The molecule has 1 atom stereocenters. The van der Waals surface area contributed by atoms with E-state index in [4.69, 9.17) is 9.79 Å². The Kier molecular flexibility index (Phi) is 6.80. The highest BCUT2D eigenvalue weighted by molar-refractivity contribution is 7.52. The summed E-state index contributed by atoms with van der Waals surface area (Å²) in [4.78, 5) is 20.6. The van der Waals surface area contributed by atoms with Gasteiger partial charge in [0, 0.05) is 12.1 Å². The molecule has 0 aromatic carbocycles. The largest absolute Gasteiger partial charge is 0.328 e. The van der Waals surface area contributed by atoms with Crippen molar-refractivity contribution >= 4 is 7.60 Å². The summed E-state index contributed by atoms with van der Waals surface area (Å²) in [6.45, 7) is 11.0. The van der Waals surface area contributed by atoms with Gasteiger partial charge in [-0.1, -0.05) is 6.92 Å². The summed E-state index contributed by atoms with van der Waals surface area (Å²) in [5, 5.41) is 0. The van der Waals surface area contributed by atoms with Crippen molar-refractivity contribution in [3.05, 3.63) is 0 Å². The molecule has 0 saturated heterocycles. The highest BCUT2D eigenvalue weighted by atomic mass is 31.2. The van der Waals surface area contributed by atoms with Gasteiger partial charge < -0.3 is 9.79 Å². The smallest absolute Gasteiger partial charge is 0.324 e. The Morgan fingerprint density at radius 3 is 1.81 bits per heavy atom. The van der Waals surface area contributed by atoms with Gasteiger partial charge >= 0.3 is 7.60 Å². The number of nitrogens with zero attached hydrogens (tertiary/aromatic N) is 1. The monoisotopic (exact) mass is 251 g/mol. The van der Waals surface area contributed by atoms with E-state index in [1.165, 1.54) is 0 Å². The van der Waals surface area contributed by atoms with Crippen molar-refractivity contribution in [2.45, 2.75) is 65.2 Å². The van der Waals surface area contributed by atoms with E-state index in [1.807, 2.05) is 6.92 Å². The molecule has 0 amide bonds. The molecule has 0 heterocycles. The van der Waals surface area contributed by atoms with Crippen LogP contribution in [0.5, 0.6) is 0 Å². The van der Waals surface area contributed by atoms with Crippen molar-refractivity contribution in [3.8, 4) is 0 Å². The molecule has 0 aliphatic heterocycles. The molecule has 0 saturated carbocycles. The third kappa shape index (κ3) is 5.44. The Morgan fingerprint density at radius 2 is 1.56 bits per heavy atom. The molecular formula is C11H26NO3P. The molecule has 0 aromatic heterocycles. The van der Waals surface area contributed by atoms with Crippen molar-refractivity contribution in [2.75, 3.05) is 6.54 Å². The van der Waals surface area contributed by atoms with Gasteiger partial charge in [-0.2, -0.15) is 0 Å². The second-order valence-electron chi connectivity index (χ2n) is 4.87. The van der Waals surface area contributed by atoms with Crippen LogP contribution >= 0.6 is 7.60 Å². The molecule has 0 radical (unpaired) electrons. The minimum absolute atomic E-state index is 0.411. The molecule has 0 fully saturated rings. The predicted molar refractivity (Wildman–Crippen MR) is 67.7 cm³/mol. The normalized spacial score (nSPS) is 15.1. The van der Waals surface area contributed by atoms with E-state index in [0.717, 1.165) is 6.54 Å². The van der Waals surface area contributed by atoms with Crippen molar-refractivity contribution in [1.29, 1.82) is 0 Å². The summed E-state index contributed by atoms with van der Waals surface area (Å²) in [5.41, 5.74) is -0.493. The molecule has 4 nitrogen and oxygen atoms in total. The van der Waals surface area contributed by atoms with Gasteiger partial charge in [-0.25, -0.2) is 0 Å². The first-order valence-corrected chi connectivity index (χ1v) is 7.69. The molecule has 0 aliphatic carbocycles. The summed E-state index contributed by atoms with van der Waals surface area (Å²) in [6, 6.07) is 0.823. The Labute approximate surface area is 99.2 Å². The fraction of sp³-hybridized carbons (Fsp3) is 1.00. The van der Waals surface area contributed by atoms with Crippen molar-refractivity contribution in [2.24, 2.45) is 0 Å². The summed E-state index contributed by atoms with van der Waals surface area (Å²) < 4.78 is 11.2. The van der Waals surface area contributed by atoms with Crippen LogP contribution in [0.4, 0.5) is 0 Å². The molecule has 98 valence electrons. The fourth-order valence-electron chi connectivity index (χ4n) is 2.02. The lowest BCUT2D eigenvalue weighted by Crippen LogP contribution is -2.38. The zero-order valence-electron chi connectivity index (χ0n) is 11.1. The van der Waals surface area contributed by atoms with E-state index in [1.54, 1.807) is 0 Å². The minimum Gasteiger partial charge on any atom is -0.324 e. The third-order valence-corrected chi connectivity index (χ3v) is 4.57. The first-order chi connectivity index (χ1) is 7.20. The molecule has 1 unspecified atom stereocenters. The molecule has 16 heavy (non-hydrogen) atoms. The average molecular weight is 251 g/mol. The first kappa shape index (κ1) is 16.1. The van der Waals surface area contributed by atoms with E-state index >= 15 is 0 Å². The molecule has 0 rings (SSSR count). The second-order valence-corrected chi connectivity index (χ2v) is 6.77. The van der Waals surface area contributed by atoms with Gasteiger partial charge in [-0.15, -0.1) is 0 Å². The summed E-state index contributed by atoms with van der Waals surface area (Å²) >= 11 is 0. The number of hydrogen-bond acceptors (Lipinski definition) is 2. The van der Waals surface area contributed by atoms with E-state index < -0.39 is 13.3 Å². The van der Waals surface area contributed by atoms with Crippen LogP contribution in [0.1, 0.15) is 47.5 Å². The van der Waals surface area contributed by atoms with Crippen molar-refractivity contribution in [1.82, 2.24) is 4.90 Å². The minimum atomic E-state index is -3.92. The van der Waals surface area contributed by atoms with Gasteiger partial charge in [0.25, 0.3) is 0 Å². The quantitative estimate of drug-likeness (QED) is 0.682. The van der Waals surface area contributed by atoms with E-state index in [-0.39, 0.29) is 0 Å². The maximum atomic E-state index is 11.2. The van der Waals surface area contributed by atoms with E-state index in [0.29, 0.717) is 24.9 Å². The van der Waals surface area contributed by atoms with Gasteiger partial charge in [-0.05, 0) is 47.1 Å². The molecule has 0 aliphatic rings. The highest BCUT2D eigenvalue weighted by Crippen LogP contribution is 2.44. The standard InChI is InChI=1S/C11H26NO3P/c1-6-11(16(13,14)15)7-8-12(9(2)3)10(4)5/h9-11H,6-8H2,1-5H3,(H2,13,14,15). The van der Waals surface area contributed by atoms with Crippen LogP contribution < -0.4 is 0 Å². The van der Waals surface area contributed by atoms with Crippen LogP contribution in [-0.4, -0.2) is 39.0 Å². The number of hydrogen-bond donors (Lipinski definition) is 2. The lowest BCUT2D eigenvalue weighted by atomic mass is 10.2. The topological polar surface area (TPSA) is 60.8 Å². The Balaban J connectivity index is 4.34. The SMILES string of the molecule is CCC(CCN(C(C)C)C(C)C)P(=O)(O)O. The maximum absolute atomic E-state index is 11.2. The van der Waals surface area contributed by atoms with Gasteiger partial charge in [0.1, 0.15) is 0 Å². The number of rotatable bonds is 7. The molecule has 0 spiro atoms. The zero-order chi connectivity index (χ0) is 12.9. The average Bonchev–Trinajstić information content (AvgIpc) is 2.08. The molecular weight excluding hydrogens is 225 g/mol. The summed E-state index contributed by atoms with van der Waals surface area (Å²) in [7, 11) is -3.92. The van der Waals surface area contributed by atoms with Crippen LogP contribution in [0.2, 0.25) is 0 Å². The van der Waals surface area contributed by atoms with Crippen LogP contribution in [0.15, 0.2) is 0 Å². The molecule has 0 aromatic rings. The van der Waals surface area contributed by atoms with E-state index in [9.17, 15) is 4.57 Å². The lowest BCUT2D eigenvalue weighted by molar-refractivity contribution is 0.170. The Bertz CT molecular complexity index is 229. The second kappa shape index (κ2) is 6.75. The van der Waals surface area contributed by atoms with Crippen LogP contribution in [0.25, 0.3) is 0 Å². The maximum Gasteiger partial charge on any atom is 0.328 e. The summed E-state index contributed by atoms with van der Waals surface area (Å²) in [6.07, 6.45) is 1.10.